The van der Waals surface area contributed by atoms with Gasteiger partial charge in [-0.3, -0.25) is 4.79 Å². The van der Waals surface area contributed by atoms with Crippen LogP contribution in [0.5, 0.6) is 0 Å². The number of nitrogens with two attached hydrogens (primary N) is 1. The van der Waals surface area contributed by atoms with Crippen molar-refractivity contribution in [3.63, 3.8) is 0 Å². The molecular formula is C12H18N2OS. The van der Waals surface area contributed by atoms with Crippen LogP contribution in [-0.2, 0) is 4.79 Å². The van der Waals surface area contributed by atoms with E-state index in [0.717, 1.165) is 5.56 Å². The fraction of sp³-hybridized carbons (Fsp3) is 0.417. The molecule has 1 rings (SSSR count). The van der Waals surface area contributed by atoms with Gasteiger partial charge in [-0.25, -0.2) is 0 Å². The Hall–Kier alpha value is -1.00. The summed E-state index contributed by atoms with van der Waals surface area (Å²) in [5.74, 6) is -0.163. The second kappa shape index (κ2) is 5.92. The average Bonchev–Trinajstić information content (AvgIpc) is 2.27. The Balaban J connectivity index is 2.74. The van der Waals surface area contributed by atoms with Crippen molar-refractivity contribution in [2.75, 3.05) is 7.05 Å². The van der Waals surface area contributed by atoms with Crippen LogP contribution in [0.1, 0.15) is 25.5 Å². The standard InChI is InChI=1S/C12H18N2OS/c1-8(2)16-10-6-4-9(5-7-10)11(13)12(15)14-3/h4-8,11H,13H2,1-3H3,(H,14,15). The maximum atomic E-state index is 11.3. The molecule has 0 fully saturated rings. The van der Waals surface area contributed by atoms with E-state index in [1.807, 2.05) is 24.3 Å². The lowest BCUT2D eigenvalue weighted by Gasteiger charge is -2.11. The number of carbonyl (C=O) groups is 1. The minimum atomic E-state index is -0.580. The molecule has 0 heterocycles. The topological polar surface area (TPSA) is 55.1 Å². The van der Waals surface area contributed by atoms with Crippen molar-refractivity contribution in [2.45, 2.75) is 30.0 Å². The van der Waals surface area contributed by atoms with Crippen molar-refractivity contribution < 1.29 is 4.79 Å². The highest BCUT2D eigenvalue weighted by atomic mass is 32.2. The summed E-state index contributed by atoms with van der Waals surface area (Å²) < 4.78 is 0. The molecule has 1 atom stereocenters. The van der Waals surface area contributed by atoms with Gasteiger partial charge in [0.2, 0.25) is 5.91 Å². The molecule has 1 aromatic carbocycles. The summed E-state index contributed by atoms with van der Waals surface area (Å²) in [5, 5.41) is 3.10. The highest BCUT2D eigenvalue weighted by Crippen LogP contribution is 2.24. The van der Waals surface area contributed by atoms with Gasteiger partial charge in [0, 0.05) is 17.2 Å². The van der Waals surface area contributed by atoms with E-state index in [1.54, 1.807) is 18.8 Å². The third-order valence-corrected chi connectivity index (χ3v) is 3.16. The zero-order valence-electron chi connectivity index (χ0n) is 9.86. The molecule has 4 heteroatoms. The van der Waals surface area contributed by atoms with Gasteiger partial charge in [-0.1, -0.05) is 26.0 Å². The Labute approximate surface area is 101 Å². The number of nitrogens with one attached hydrogen (secondary N) is 1. The van der Waals surface area contributed by atoms with E-state index in [4.69, 9.17) is 5.73 Å². The first-order valence-corrected chi connectivity index (χ1v) is 6.16. The lowest BCUT2D eigenvalue weighted by atomic mass is 10.1. The molecule has 1 amide bonds. The SMILES string of the molecule is CNC(=O)C(N)c1ccc(SC(C)C)cc1. The maximum Gasteiger partial charge on any atom is 0.241 e. The normalized spacial score (nSPS) is 12.6. The maximum absolute atomic E-state index is 11.3. The van der Waals surface area contributed by atoms with Crippen molar-refractivity contribution in [3.05, 3.63) is 29.8 Å². The molecule has 0 aromatic heterocycles. The minimum absolute atomic E-state index is 0.163. The summed E-state index contributed by atoms with van der Waals surface area (Å²) in [7, 11) is 1.59. The zero-order valence-corrected chi connectivity index (χ0v) is 10.7. The molecule has 3 N–H and O–H groups in total. The third kappa shape index (κ3) is 3.54. The van der Waals surface area contributed by atoms with Crippen molar-refractivity contribution in [2.24, 2.45) is 5.73 Å². The van der Waals surface area contributed by atoms with Gasteiger partial charge >= 0.3 is 0 Å². The molecule has 3 nitrogen and oxygen atoms in total. The molecule has 0 saturated heterocycles. The molecule has 0 saturated carbocycles. The third-order valence-electron chi connectivity index (χ3n) is 2.14. The average molecular weight is 238 g/mol. The van der Waals surface area contributed by atoms with Crippen LogP contribution in [0.4, 0.5) is 0 Å². The van der Waals surface area contributed by atoms with Gasteiger partial charge in [0.25, 0.3) is 0 Å². The van der Waals surface area contributed by atoms with Gasteiger partial charge in [0.15, 0.2) is 0 Å². The first kappa shape index (κ1) is 13.1. The molecular weight excluding hydrogens is 220 g/mol. The number of hydrogen-bond donors (Lipinski definition) is 2. The number of benzene rings is 1. The molecule has 0 radical (unpaired) electrons. The Morgan fingerprint density at radius 3 is 2.31 bits per heavy atom. The van der Waals surface area contributed by atoms with Crippen LogP contribution in [0, 0.1) is 0 Å². The largest absolute Gasteiger partial charge is 0.358 e. The second-order valence-corrected chi connectivity index (χ2v) is 5.48. The number of hydrogen-bond acceptors (Lipinski definition) is 3. The lowest BCUT2D eigenvalue weighted by molar-refractivity contribution is -0.121. The van der Waals surface area contributed by atoms with Crippen molar-refractivity contribution in [3.8, 4) is 0 Å². The fourth-order valence-electron chi connectivity index (χ4n) is 1.33. The van der Waals surface area contributed by atoms with Gasteiger partial charge in [-0.15, -0.1) is 11.8 Å². The highest BCUT2D eigenvalue weighted by Gasteiger charge is 2.13. The van der Waals surface area contributed by atoms with Crippen molar-refractivity contribution in [1.29, 1.82) is 0 Å². The number of carbonyl (C=O) groups excluding carboxylic acids is 1. The van der Waals surface area contributed by atoms with Crippen LogP contribution < -0.4 is 11.1 Å². The zero-order chi connectivity index (χ0) is 12.1. The van der Waals surface area contributed by atoms with Crippen LogP contribution in [0.25, 0.3) is 0 Å². The van der Waals surface area contributed by atoms with E-state index in [-0.39, 0.29) is 5.91 Å². The summed E-state index contributed by atoms with van der Waals surface area (Å²) in [6.45, 7) is 4.30. The van der Waals surface area contributed by atoms with Gasteiger partial charge < -0.3 is 11.1 Å². The Kier molecular flexibility index (Phi) is 4.83. The van der Waals surface area contributed by atoms with E-state index >= 15 is 0 Å². The predicted molar refractivity (Wildman–Crippen MR) is 68.4 cm³/mol. The molecule has 16 heavy (non-hydrogen) atoms. The number of thioether (sulfide) groups is 1. The van der Waals surface area contributed by atoms with E-state index in [0.29, 0.717) is 5.25 Å². The van der Waals surface area contributed by atoms with E-state index in [1.165, 1.54) is 4.90 Å². The summed E-state index contributed by atoms with van der Waals surface area (Å²) in [6.07, 6.45) is 0. The van der Waals surface area contributed by atoms with E-state index in [9.17, 15) is 4.79 Å². The molecule has 0 bridgehead atoms. The molecule has 1 aromatic rings. The Morgan fingerprint density at radius 1 is 1.31 bits per heavy atom. The molecule has 0 aliphatic carbocycles. The van der Waals surface area contributed by atoms with Crippen molar-refractivity contribution in [1.82, 2.24) is 5.32 Å². The lowest BCUT2D eigenvalue weighted by Crippen LogP contribution is -2.31. The molecule has 0 spiro atoms. The highest BCUT2D eigenvalue weighted by molar-refractivity contribution is 7.99. The van der Waals surface area contributed by atoms with Crippen LogP contribution >= 0.6 is 11.8 Å². The van der Waals surface area contributed by atoms with Crippen LogP contribution in [0.3, 0.4) is 0 Å². The smallest absolute Gasteiger partial charge is 0.241 e. The summed E-state index contributed by atoms with van der Waals surface area (Å²) >= 11 is 1.79. The first-order chi connectivity index (χ1) is 7.54. The molecule has 0 aliphatic rings. The number of rotatable bonds is 4. The molecule has 0 aliphatic heterocycles. The molecule has 1 unspecified atom stereocenters. The van der Waals surface area contributed by atoms with Gasteiger partial charge in [-0.05, 0) is 17.7 Å². The monoisotopic (exact) mass is 238 g/mol. The summed E-state index contributed by atoms with van der Waals surface area (Å²) in [5.41, 5.74) is 6.62. The predicted octanol–water partition coefficient (Wildman–Crippen LogP) is 1.93. The molecule has 88 valence electrons. The quantitative estimate of drug-likeness (QED) is 0.788. The van der Waals surface area contributed by atoms with Crippen LogP contribution in [-0.4, -0.2) is 18.2 Å². The minimum Gasteiger partial charge on any atom is -0.358 e. The van der Waals surface area contributed by atoms with Gasteiger partial charge in [0.1, 0.15) is 6.04 Å². The van der Waals surface area contributed by atoms with E-state index < -0.39 is 6.04 Å². The van der Waals surface area contributed by atoms with Crippen LogP contribution in [0.2, 0.25) is 0 Å². The Bertz CT molecular complexity index is 349. The van der Waals surface area contributed by atoms with Crippen molar-refractivity contribution >= 4 is 17.7 Å². The van der Waals surface area contributed by atoms with Gasteiger partial charge in [-0.2, -0.15) is 0 Å². The van der Waals surface area contributed by atoms with Crippen LogP contribution in [0.15, 0.2) is 29.2 Å². The van der Waals surface area contributed by atoms with E-state index in [2.05, 4.69) is 19.2 Å². The number of likely N-dealkylation sites (N-methyl/N-ethyl adjacent to an activating group) is 1. The second-order valence-electron chi connectivity index (χ2n) is 3.83. The first-order valence-electron chi connectivity index (χ1n) is 5.28. The summed E-state index contributed by atoms with van der Waals surface area (Å²) in [4.78, 5) is 12.5. The number of amides is 1. The summed E-state index contributed by atoms with van der Waals surface area (Å²) in [6, 6.07) is 7.24. The Morgan fingerprint density at radius 2 is 1.88 bits per heavy atom. The fourth-order valence-corrected chi connectivity index (χ4v) is 2.17. The van der Waals surface area contributed by atoms with Gasteiger partial charge in [0.05, 0.1) is 0 Å².